The SMILES string of the molecule is COC(=O)c1cnc(NCc2nnc3ccccn23)c(S(=O)(=O)N2CCOCC2)c1. The predicted molar refractivity (Wildman–Crippen MR) is 105 cm³/mol. The second kappa shape index (κ2) is 8.34. The lowest BCUT2D eigenvalue weighted by atomic mass is 10.3. The number of sulfonamides is 1. The van der Waals surface area contributed by atoms with Gasteiger partial charge in [0.1, 0.15) is 10.7 Å². The van der Waals surface area contributed by atoms with E-state index in [0.717, 1.165) is 0 Å². The summed E-state index contributed by atoms with van der Waals surface area (Å²) >= 11 is 0. The molecule has 0 amide bonds. The molecule has 11 nitrogen and oxygen atoms in total. The summed E-state index contributed by atoms with van der Waals surface area (Å²) in [5, 5.41) is 11.2. The van der Waals surface area contributed by atoms with E-state index in [4.69, 9.17) is 9.47 Å². The van der Waals surface area contributed by atoms with Crippen molar-refractivity contribution in [2.45, 2.75) is 11.4 Å². The van der Waals surface area contributed by atoms with Gasteiger partial charge in [-0.1, -0.05) is 6.07 Å². The molecule has 30 heavy (non-hydrogen) atoms. The molecule has 1 N–H and O–H groups in total. The van der Waals surface area contributed by atoms with Gasteiger partial charge in [0.15, 0.2) is 11.5 Å². The number of aromatic nitrogens is 4. The van der Waals surface area contributed by atoms with Crippen molar-refractivity contribution >= 4 is 27.5 Å². The number of rotatable bonds is 6. The number of nitrogens with one attached hydrogen (secondary N) is 1. The van der Waals surface area contributed by atoms with Gasteiger partial charge in [0.05, 0.1) is 32.4 Å². The zero-order valence-electron chi connectivity index (χ0n) is 16.2. The van der Waals surface area contributed by atoms with Gasteiger partial charge in [0, 0.05) is 25.5 Å². The van der Waals surface area contributed by atoms with Crippen LogP contribution in [0.5, 0.6) is 0 Å². The Hall–Kier alpha value is -3.09. The summed E-state index contributed by atoms with van der Waals surface area (Å²) in [7, 11) is -2.69. The van der Waals surface area contributed by atoms with Gasteiger partial charge in [-0.15, -0.1) is 10.2 Å². The molecule has 1 aliphatic heterocycles. The topological polar surface area (TPSA) is 128 Å². The van der Waals surface area contributed by atoms with Gasteiger partial charge in [-0.3, -0.25) is 4.40 Å². The van der Waals surface area contributed by atoms with Crippen molar-refractivity contribution in [2.75, 3.05) is 38.7 Å². The minimum absolute atomic E-state index is 0.0443. The Labute approximate surface area is 172 Å². The molecule has 0 spiro atoms. The molecular formula is C18H20N6O5S. The van der Waals surface area contributed by atoms with Crippen LogP contribution in [0.15, 0.2) is 41.6 Å². The number of hydrogen-bond acceptors (Lipinski definition) is 9. The molecule has 4 heterocycles. The summed E-state index contributed by atoms with van der Waals surface area (Å²) in [5.41, 5.74) is 0.715. The molecule has 1 fully saturated rings. The number of pyridine rings is 2. The molecule has 0 radical (unpaired) electrons. The first-order chi connectivity index (χ1) is 14.5. The minimum atomic E-state index is -3.91. The standard InChI is InChI=1S/C18H20N6O5S/c1-28-18(25)13-10-14(30(26,27)23-6-8-29-9-7-23)17(19-11-13)20-12-16-22-21-15-4-2-3-5-24(15)16/h2-5,10-11H,6-9,12H2,1H3,(H,19,20). The number of methoxy groups -OCH3 is 1. The smallest absolute Gasteiger partial charge is 0.339 e. The molecule has 0 unspecified atom stereocenters. The third-order valence-corrected chi connectivity index (χ3v) is 6.57. The van der Waals surface area contributed by atoms with E-state index in [1.807, 2.05) is 24.4 Å². The first-order valence-electron chi connectivity index (χ1n) is 9.19. The monoisotopic (exact) mass is 432 g/mol. The normalized spacial score (nSPS) is 15.2. The van der Waals surface area contributed by atoms with Crippen molar-refractivity contribution in [3.05, 3.63) is 48.0 Å². The number of fused-ring (bicyclic) bond motifs is 1. The summed E-state index contributed by atoms with van der Waals surface area (Å²) in [6.45, 7) is 1.23. The van der Waals surface area contributed by atoms with Crippen LogP contribution in [-0.2, 0) is 26.0 Å². The van der Waals surface area contributed by atoms with E-state index < -0.39 is 16.0 Å². The zero-order valence-corrected chi connectivity index (χ0v) is 17.0. The fraction of sp³-hybridized carbons (Fsp3) is 0.333. The molecule has 0 aliphatic carbocycles. The molecule has 0 saturated carbocycles. The van der Waals surface area contributed by atoms with Crippen LogP contribution >= 0.6 is 0 Å². The fourth-order valence-electron chi connectivity index (χ4n) is 3.10. The van der Waals surface area contributed by atoms with Crippen LogP contribution in [-0.4, -0.2) is 71.7 Å². The second-order valence-corrected chi connectivity index (χ2v) is 8.38. The average Bonchev–Trinajstić information content (AvgIpc) is 3.20. The van der Waals surface area contributed by atoms with E-state index in [1.165, 1.54) is 23.7 Å². The molecule has 3 aromatic rings. The first-order valence-corrected chi connectivity index (χ1v) is 10.6. The maximum Gasteiger partial charge on any atom is 0.339 e. The number of morpholine rings is 1. The molecular weight excluding hydrogens is 412 g/mol. The van der Waals surface area contributed by atoms with Gasteiger partial charge in [-0.2, -0.15) is 4.31 Å². The van der Waals surface area contributed by atoms with E-state index in [0.29, 0.717) is 24.7 Å². The van der Waals surface area contributed by atoms with Crippen LogP contribution in [0.4, 0.5) is 5.82 Å². The predicted octanol–water partition coefficient (Wildman–Crippen LogP) is 0.544. The summed E-state index contributed by atoms with van der Waals surface area (Å²) < 4.78 is 39.6. The van der Waals surface area contributed by atoms with Gasteiger partial charge in [-0.05, 0) is 18.2 Å². The molecule has 0 aromatic carbocycles. The third-order valence-electron chi connectivity index (χ3n) is 4.66. The van der Waals surface area contributed by atoms with E-state index in [1.54, 1.807) is 4.40 Å². The Bertz CT molecular complexity index is 1170. The summed E-state index contributed by atoms with van der Waals surface area (Å²) in [5.74, 6) is 0.0249. The van der Waals surface area contributed by atoms with Crippen molar-refractivity contribution in [2.24, 2.45) is 0 Å². The number of nitrogens with zero attached hydrogens (tertiary/aromatic N) is 5. The molecule has 3 aromatic heterocycles. The molecule has 0 atom stereocenters. The Morgan fingerprint density at radius 3 is 2.83 bits per heavy atom. The number of hydrogen-bond donors (Lipinski definition) is 1. The minimum Gasteiger partial charge on any atom is -0.465 e. The Balaban J connectivity index is 1.68. The highest BCUT2D eigenvalue weighted by atomic mass is 32.2. The van der Waals surface area contributed by atoms with Crippen LogP contribution in [0.2, 0.25) is 0 Å². The molecule has 0 bridgehead atoms. The van der Waals surface area contributed by atoms with Crippen molar-refractivity contribution < 1.29 is 22.7 Å². The number of carbonyl (C=O) groups excluding carboxylic acids is 1. The van der Waals surface area contributed by atoms with Gasteiger partial charge in [0.25, 0.3) is 0 Å². The van der Waals surface area contributed by atoms with Crippen LogP contribution in [0.3, 0.4) is 0 Å². The van der Waals surface area contributed by atoms with Crippen LogP contribution in [0, 0.1) is 0 Å². The average molecular weight is 432 g/mol. The lowest BCUT2D eigenvalue weighted by Gasteiger charge is -2.26. The van der Waals surface area contributed by atoms with Gasteiger partial charge in [-0.25, -0.2) is 18.2 Å². The Morgan fingerprint density at radius 2 is 2.07 bits per heavy atom. The zero-order chi connectivity index (χ0) is 21.1. The van der Waals surface area contributed by atoms with Gasteiger partial charge < -0.3 is 14.8 Å². The van der Waals surface area contributed by atoms with Crippen molar-refractivity contribution in [3.63, 3.8) is 0 Å². The highest BCUT2D eigenvalue weighted by Crippen LogP contribution is 2.25. The number of ether oxygens (including phenoxy) is 2. The largest absolute Gasteiger partial charge is 0.465 e. The molecule has 1 saturated heterocycles. The maximum atomic E-state index is 13.2. The lowest BCUT2D eigenvalue weighted by Crippen LogP contribution is -2.41. The fourth-order valence-corrected chi connectivity index (χ4v) is 4.66. The summed E-state index contributed by atoms with van der Waals surface area (Å²) in [4.78, 5) is 16.0. The highest BCUT2D eigenvalue weighted by molar-refractivity contribution is 7.89. The third kappa shape index (κ3) is 3.84. The highest BCUT2D eigenvalue weighted by Gasteiger charge is 2.30. The molecule has 1 aliphatic rings. The maximum absolute atomic E-state index is 13.2. The molecule has 158 valence electrons. The van der Waals surface area contributed by atoms with E-state index in [2.05, 4.69) is 20.5 Å². The van der Waals surface area contributed by atoms with Crippen LogP contribution < -0.4 is 5.32 Å². The van der Waals surface area contributed by atoms with Gasteiger partial charge >= 0.3 is 5.97 Å². The van der Waals surface area contributed by atoms with Crippen molar-refractivity contribution in [1.29, 1.82) is 0 Å². The summed E-state index contributed by atoms with van der Waals surface area (Å²) in [6.07, 6.45) is 3.08. The molecule has 12 heteroatoms. The quantitative estimate of drug-likeness (QED) is 0.555. The summed E-state index contributed by atoms with van der Waals surface area (Å²) in [6, 6.07) is 6.78. The van der Waals surface area contributed by atoms with E-state index in [9.17, 15) is 13.2 Å². The number of esters is 1. The molecule has 4 rings (SSSR count). The van der Waals surface area contributed by atoms with Gasteiger partial charge in [0.2, 0.25) is 10.0 Å². The Morgan fingerprint density at radius 1 is 1.27 bits per heavy atom. The van der Waals surface area contributed by atoms with E-state index >= 15 is 0 Å². The lowest BCUT2D eigenvalue weighted by molar-refractivity contribution is 0.0600. The Kier molecular flexibility index (Phi) is 5.61. The van der Waals surface area contributed by atoms with Crippen LogP contribution in [0.1, 0.15) is 16.2 Å². The number of anilines is 1. The van der Waals surface area contributed by atoms with Crippen molar-refractivity contribution in [1.82, 2.24) is 23.9 Å². The first kappa shape index (κ1) is 20.2. The number of carbonyl (C=O) groups is 1. The second-order valence-electron chi connectivity index (χ2n) is 6.48. The van der Waals surface area contributed by atoms with E-state index in [-0.39, 0.29) is 35.9 Å². The van der Waals surface area contributed by atoms with Crippen LogP contribution in [0.25, 0.3) is 5.65 Å². The van der Waals surface area contributed by atoms with Crippen molar-refractivity contribution in [3.8, 4) is 0 Å².